The summed E-state index contributed by atoms with van der Waals surface area (Å²) in [5, 5.41) is 0. The fourth-order valence-electron chi connectivity index (χ4n) is 1.79. The van der Waals surface area contributed by atoms with Crippen molar-refractivity contribution in [3.05, 3.63) is 58.9 Å². The molecule has 0 spiro atoms. The molecular formula is C16H15NO4. The lowest BCUT2D eigenvalue weighted by Crippen LogP contribution is -2.03. The van der Waals surface area contributed by atoms with Crippen LogP contribution in [0.3, 0.4) is 0 Å². The Morgan fingerprint density at radius 3 is 2.52 bits per heavy atom. The van der Waals surface area contributed by atoms with E-state index < -0.39 is 0 Å². The monoisotopic (exact) mass is 285 g/mol. The van der Waals surface area contributed by atoms with Gasteiger partial charge in [-0.25, -0.2) is 9.78 Å². The number of benzene rings is 1. The molecule has 1 heterocycles. The Kier molecular flexibility index (Phi) is 4.66. The number of methoxy groups -OCH3 is 1. The predicted octanol–water partition coefficient (Wildman–Crippen LogP) is 2.57. The Labute approximate surface area is 122 Å². The Morgan fingerprint density at radius 2 is 1.90 bits per heavy atom. The van der Waals surface area contributed by atoms with Crippen molar-refractivity contribution >= 4 is 12.3 Å². The van der Waals surface area contributed by atoms with E-state index in [0.717, 1.165) is 11.3 Å². The smallest absolute Gasteiger partial charge is 0.337 e. The second kappa shape index (κ2) is 6.65. The molecule has 0 atom stereocenters. The zero-order valence-corrected chi connectivity index (χ0v) is 11.8. The zero-order valence-electron chi connectivity index (χ0n) is 11.8. The van der Waals surface area contributed by atoms with Crippen molar-refractivity contribution < 1.29 is 19.1 Å². The highest BCUT2D eigenvalue weighted by molar-refractivity contribution is 5.89. The Bertz CT molecular complexity index is 650. The molecule has 5 heteroatoms. The molecule has 0 radical (unpaired) electrons. The van der Waals surface area contributed by atoms with E-state index in [1.165, 1.54) is 7.11 Å². The molecule has 21 heavy (non-hydrogen) atoms. The molecular weight excluding hydrogens is 270 g/mol. The highest BCUT2D eigenvalue weighted by Gasteiger charge is 2.07. The maximum Gasteiger partial charge on any atom is 0.337 e. The van der Waals surface area contributed by atoms with Gasteiger partial charge in [0.2, 0.25) is 0 Å². The predicted molar refractivity (Wildman–Crippen MR) is 76.5 cm³/mol. The zero-order chi connectivity index (χ0) is 15.2. The van der Waals surface area contributed by atoms with E-state index in [1.54, 1.807) is 36.4 Å². The molecule has 108 valence electrons. The van der Waals surface area contributed by atoms with E-state index in [-0.39, 0.29) is 18.3 Å². The molecule has 2 rings (SSSR count). The third kappa shape index (κ3) is 3.66. The van der Waals surface area contributed by atoms with Gasteiger partial charge in [0, 0.05) is 5.69 Å². The normalized spacial score (nSPS) is 10.0. The van der Waals surface area contributed by atoms with Crippen LogP contribution in [0.2, 0.25) is 0 Å². The molecule has 0 amide bonds. The van der Waals surface area contributed by atoms with Crippen LogP contribution in [0.4, 0.5) is 0 Å². The number of carbonyl (C=O) groups is 2. The van der Waals surface area contributed by atoms with Gasteiger partial charge in [-0.15, -0.1) is 0 Å². The van der Waals surface area contributed by atoms with Gasteiger partial charge in [0.1, 0.15) is 18.1 Å². The van der Waals surface area contributed by atoms with E-state index in [0.29, 0.717) is 17.6 Å². The first-order chi connectivity index (χ1) is 10.1. The van der Waals surface area contributed by atoms with Gasteiger partial charge in [0.05, 0.1) is 12.7 Å². The SMILES string of the molecule is COC(=O)c1ccc(COc2ccc(C)nc2C=O)cc1. The summed E-state index contributed by atoms with van der Waals surface area (Å²) in [7, 11) is 1.34. The summed E-state index contributed by atoms with van der Waals surface area (Å²) in [5.41, 5.74) is 2.39. The molecule has 0 saturated heterocycles. The molecule has 1 aromatic carbocycles. The van der Waals surface area contributed by atoms with Gasteiger partial charge in [0.15, 0.2) is 6.29 Å². The van der Waals surface area contributed by atoms with Crippen LogP contribution in [0, 0.1) is 6.92 Å². The summed E-state index contributed by atoms with van der Waals surface area (Å²) in [6, 6.07) is 10.4. The average molecular weight is 285 g/mol. The van der Waals surface area contributed by atoms with Gasteiger partial charge in [-0.2, -0.15) is 0 Å². The summed E-state index contributed by atoms with van der Waals surface area (Å²) in [6.45, 7) is 2.09. The summed E-state index contributed by atoms with van der Waals surface area (Å²) >= 11 is 0. The minimum absolute atomic E-state index is 0.279. The number of hydrogen-bond donors (Lipinski definition) is 0. The number of hydrogen-bond acceptors (Lipinski definition) is 5. The molecule has 1 aromatic heterocycles. The highest BCUT2D eigenvalue weighted by Crippen LogP contribution is 2.17. The number of ether oxygens (including phenoxy) is 2. The molecule has 5 nitrogen and oxygen atoms in total. The molecule has 0 unspecified atom stereocenters. The van der Waals surface area contributed by atoms with Gasteiger partial charge in [-0.1, -0.05) is 12.1 Å². The van der Waals surface area contributed by atoms with E-state index in [1.807, 2.05) is 6.92 Å². The minimum Gasteiger partial charge on any atom is -0.487 e. The average Bonchev–Trinajstić information content (AvgIpc) is 2.53. The number of aromatic nitrogens is 1. The first kappa shape index (κ1) is 14.7. The lowest BCUT2D eigenvalue weighted by atomic mass is 10.1. The Hall–Kier alpha value is -2.69. The van der Waals surface area contributed by atoms with Crippen LogP contribution in [0.15, 0.2) is 36.4 Å². The number of esters is 1. The highest BCUT2D eigenvalue weighted by atomic mass is 16.5. The summed E-state index contributed by atoms with van der Waals surface area (Å²) in [5.74, 6) is 0.0566. The molecule has 0 aliphatic heterocycles. The Balaban J connectivity index is 2.06. The van der Waals surface area contributed by atoms with E-state index in [4.69, 9.17) is 4.74 Å². The van der Waals surface area contributed by atoms with Gasteiger partial charge in [0.25, 0.3) is 0 Å². The van der Waals surface area contributed by atoms with Crippen LogP contribution in [0.5, 0.6) is 5.75 Å². The van der Waals surface area contributed by atoms with Gasteiger partial charge < -0.3 is 9.47 Å². The van der Waals surface area contributed by atoms with Crippen molar-refractivity contribution in [2.24, 2.45) is 0 Å². The largest absolute Gasteiger partial charge is 0.487 e. The Morgan fingerprint density at radius 1 is 1.19 bits per heavy atom. The van der Waals surface area contributed by atoms with Crippen molar-refractivity contribution in [3.8, 4) is 5.75 Å². The molecule has 0 saturated carbocycles. The second-order valence-corrected chi connectivity index (χ2v) is 4.43. The third-order valence-electron chi connectivity index (χ3n) is 2.91. The van der Waals surface area contributed by atoms with Crippen LogP contribution in [0.1, 0.15) is 32.1 Å². The third-order valence-corrected chi connectivity index (χ3v) is 2.91. The van der Waals surface area contributed by atoms with Crippen LogP contribution >= 0.6 is 0 Å². The topological polar surface area (TPSA) is 65.5 Å². The summed E-state index contributed by atoms with van der Waals surface area (Å²) in [4.78, 5) is 26.4. The standard InChI is InChI=1S/C16H15NO4/c1-11-3-8-15(14(9-18)17-11)21-10-12-4-6-13(7-5-12)16(19)20-2/h3-9H,10H2,1-2H3. The number of nitrogens with zero attached hydrogens (tertiary/aromatic N) is 1. The maximum atomic E-state index is 11.3. The van der Waals surface area contributed by atoms with Gasteiger partial charge >= 0.3 is 5.97 Å². The fourth-order valence-corrected chi connectivity index (χ4v) is 1.79. The van der Waals surface area contributed by atoms with E-state index in [9.17, 15) is 9.59 Å². The quantitative estimate of drug-likeness (QED) is 0.624. The van der Waals surface area contributed by atoms with Gasteiger partial charge in [-0.05, 0) is 36.8 Å². The number of rotatable bonds is 5. The van der Waals surface area contributed by atoms with Crippen molar-refractivity contribution in [1.29, 1.82) is 0 Å². The lowest BCUT2D eigenvalue weighted by Gasteiger charge is -2.09. The molecule has 2 aromatic rings. The molecule has 0 aliphatic carbocycles. The molecule has 0 fully saturated rings. The minimum atomic E-state index is -0.381. The van der Waals surface area contributed by atoms with Crippen molar-refractivity contribution in [1.82, 2.24) is 4.98 Å². The number of carbonyl (C=O) groups excluding carboxylic acids is 2. The lowest BCUT2D eigenvalue weighted by molar-refractivity contribution is 0.0600. The molecule has 0 bridgehead atoms. The summed E-state index contributed by atoms with van der Waals surface area (Å²) < 4.78 is 10.2. The first-order valence-electron chi connectivity index (χ1n) is 6.37. The van der Waals surface area contributed by atoms with Crippen molar-refractivity contribution in [2.75, 3.05) is 7.11 Å². The second-order valence-electron chi connectivity index (χ2n) is 4.43. The van der Waals surface area contributed by atoms with Gasteiger partial charge in [-0.3, -0.25) is 4.79 Å². The molecule has 0 aliphatic rings. The van der Waals surface area contributed by atoms with Crippen LogP contribution in [0.25, 0.3) is 0 Å². The van der Waals surface area contributed by atoms with Crippen LogP contribution < -0.4 is 4.74 Å². The summed E-state index contributed by atoms with van der Waals surface area (Å²) in [6.07, 6.45) is 0.669. The van der Waals surface area contributed by atoms with E-state index >= 15 is 0 Å². The number of aldehydes is 1. The van der Waals surface area contributed by atoms with E-state index in [2.05, 4.69) is 9.72 Å². The maximum absolute atomic E-state index is 11.3. The number of aryl methyl sites for hydroxylation is 1. The van der Waals surface area contributed by atoms with Crippen molar-refractivity contribution in [3.63, 3.8) is 0 Å². The van der Waals surface area contributed by atoms with Crippen molar-refractivity contribution in [2.45, 2.75) is 13.5 Å². The molecule has 0 N–H and O–H groups in total. The first-order valence-corrected chi connectivity index (χ1v) is 6.37. The fraction of sp³-hybridized carbons (Fsp3) is 0.188. The van der Waals surface area contributed by atoms with Crippen LogP contribution in [-0.2, 0) is 11.3 Å². The van der Waals surface area contributed by atoms with Crippen LogP contribution in [-0.4, -0.2) is 24.3 Å². The number of pyridine rings is 1.